The van der Waals surface area contributed by atoms with E-state index in [-0.39, 0.29) is 0 Å². The number of aromatic amines is 1. The quantitative estimate of drug-likeness (QED) is 0.775. The van der Waals surface area contributed by atoms with E-state index in [1.165, 1.54) is 0 Å². The van der Waals surface area contributed by atoms with Gasteiger partial charge in [0, 0.05) is 34.6 Å². The minimum Gasteiger partial charge on any atom is -0.486 e. The topological polar surface area (TPSA) is 63.9 Å². The summed E-state index contributed by atoms with van der Waals surface area (Å²) in [6.07, 6.45) is 0. The van der Waals surface area contributed by atoms with Gasteiger partial charge in [-0.05, 0) is 12.1 Å². The Balaban J connectivity index is 1.88. The fourth-order valence-electron chi connectivity index (χ4n) is 1.87. The summed E-state index contributed by atoms with van der Waals surface area (Å²) in [6.45, 7) is 0.889. The number of nitrogens with two attached hydrogens (primary N) is 1. The van der Waals surface area contributed by atoms with E-state index in [1.807, 2.05) is 23.6 Å². The summed E-state index contributed by atoms with van der Waals surface area (Å²) in [5.74, 6) is 0.646. The lowest BCUT2D eigenvalue weighted by Gasteiger charge is -2.06. The second-order valence-electron chi connectivity index (χ2n) is 4.14. The summed E-state index contributed by atoms with van der Waals surface area (Å²) in [5, 5.41) is 3.57. The molecule has 3 aromatic rings. The second-order valence-corrected chi connectivity index (χ2v) is 5.26. The van der Waals surface area contributed by atoms with Crippen LogP contribution in [0.4, 0.5) is 0 Å². The van der Waals surface area contributed by atoms with Crippen LogP contribution in [0.1, 0.15) is 11.4 Å². The van der Waals surface area contributed by atoms with Gasteiger partial charge >= 0.3 is 0 Å². The van der Waals surface area contributed by atoms with Crippen molar-refractivity contribution in [3.63, 3.8) is 0 Å². The minimum absolute atomic E-state index is 0.416. The Bertz CT molecular complexity index is 693. The fourth-order valence-corrected chi connectivity index (χ4v) is 2.64. The molecule has 0 spiro atoms. The van der Waals surface area contributed by atoms with E-state index >= 15 is 0 Å². The van der Waals surface area contributed by atoms with Crippen LogP contribution in [0.5, 0.6) is 5.75 Å². The molecule has 0 bridgehead atoms. The van der Waals surface area contributed by atoms with Gasteiger partial charge in [0.25, 0.3) is 0 Å². The highest BCUT2D eigenvalue weighted by Gasteiger charge is 2.08. The number of rotatable bonds is 4. The fraction of sp³-hybridized carbons (Fsp3) is 0.154. The molecule has 19 heavy (non-hydrogen) atoms. The molecule has 98 valence electrons. The lowest BCUT2D eigenvalue weighted by atomic mass is 10.2. The van der Waals surface area contributed by atoms with Crippen LogP contribution < -0.4 is 10.5 Å². The first-order valence-electron chi connectivity index (χ1n) is 5.77. The third-order valence-electron chi connectivity index (χ3n) is 2.81. The van der Waals surface area contributed by atoms with Gasteiger partial charge in [0.2, 0.25) is 0 Å². The maximum Gasteiger partial charge on any atom is 0.140 e. The number of hydrogen-bond acceptors (Lipinski definition) is 4. The number of benzene rings is 1. The van der Waals surface area contributed by atoms with Crippen molar-refractivity contribution in [2.24, 2.45) is 5.73 Å². The van der Waals surface area contributed by atoms with Gasteiger partial charge in [-0.2, -0.15) is 0 Å². The number of H-pyrrole nitrogens is 1. The molecule has 0 amide bonds. The van der Waals surface area contributed by atoms with Crippen molar-refractivity contribution in [2.75, 3.05) is 0 Å². The van der Waals surface area contributed by atoms with Crippen molar-refractivity contribution < 1.29 is 4.74 Å². The Morgan fingerprint density at radius 2 is 2.26 bits per heavy atom. The van der Waals surface area contributed by atoms with Crippen molar-refractivity contribution in [3.8, 4) is 5.75 Å². The molecule has 0 saturated heterocycles. The van der Waals surface area contributed by atoms with Gasteiger partial charge < -0.3 is 15.5 Å². The maximum absolute atomic E-state index is 6.21. The predicted molar refractivity (Wildman–Crippen MR) is 77.6 cm³/mol. The molecule has 4 nitrogen and oxygen atoms in total. The number of halogens is 1. The Morgan fingerprint density at radius 3 is 3.00 bits per heavy atom. The van der Waals surface area contributed by atoms with Crippen LogP contribution in [0, 0.1) is 0 Å². The lowest BCUT2D eigenvalue weighted by molar-refractivity contribution is 0.302. The predicted octanol–water partition coefficient (Wildman–Crippen LogP) is 3.32. The molecule has 0 saturated carbocycles. The summed E-state index contributed by atoms with van der Waals surface area (Å²) < 4.78 is 5.69. The van der Waals surface area contributed by atoms with Crippen molar-refractivity contribution in [1.29, 1.82) is 0 Å². The van der Waals surface area contributed by atoms with Crippen LogP contribution >= 0.6 is 22.9 Å². The largest absolute Gasteiger partial charge is 0.486 e. The van der Waals surface area contributed by atoms with Crippen LogP contribution in [0.25, 0.3) is 10.9 Å². The van der Waals surface area contributed by atoms with E-state index in [2.05, 4.69) is 9.97 Å². The molecule has 0 fully saturated rings. The summed E-state index contributed by atoms with van der Waals surface area (Å²) in [4.78, 5) is 7.40. The van der Waals surface area contributed by atoms with E-state index in [1.54, 1.807) is 16.8 Å². The molecule has 3 N–H and O–H groups in total. The van der Waals surface area contributed by atoms with Crippen LogP contribution in [0.3, 0.4) is 0 Å². The molecule has 6 heteroatoms. The van der Waals surface area contributed by atoms with Crippen molar-refractivity contribution >= 4 is 33.8 Å². The molecule has 3 rings (SSSR count). The molecular formula is C13H12ClN3OS. The molecule has 2 heterocycles. The monoisotopic (exact) mass is 293 g/mol. The number of thiazole rings is 1. The van der Waals surface area contributed by atoms with E-state index in [0.29, 0.717) is 23.9 Å². The summed E-state index contributed by atoms with van der Waals surface area (Å²) >= 11 is 7.75. The molecule has 2 aromatic heterocycles. The third-order valence-corrected chi connectivity index (χ3v) is 3.74. The van der Waals surface area contributed by atoms with E-state index in [4.69, 9.17) is 22.1 Å². The van der Waals surface area contributed by atoms with Gasteiger partial charge in [-0.1, -0.05) is 11.6 Å². The van der Waals surface area contributed by atoms with Crippen molar-refractivity contribution in [2.45, 2.75) is 13.2 Å². The van der Waals surface area contributed by atoms with Gasteiger partial charge in [0.1, 0.15) is 12.4 Å². The van der Waals surface area contributed by atoms with E-state index < -0.39 is 0 Å². The Hall–Kier alpha value is -1.56. The van der Waals surface area contributed by atoms with Gasteiger partial charge in [-0.15, -0.1) is 11.3 Å². The molecule has 0 unspecified atom stereocenters. The van der Waals surface area contributed by atoms with Crippen LogP contribution in [-0.2, 0) is 13.2 Å². The average Bonchev–Trinajstić information content (AvgIpc) is 3.04. The Kier molecular flexibility index (Phi) is 3.42. The zero-order valence-electron chi connectivity index (χ0n) is 10.0. The SMILES string of the molecule is NCc1cc2cc(Cl)c(OCc3cscn3)cc2[nH]1. The molecule has 1 aromatic carbocycles. The first kappa shape index (κ1) is 12.5. The number of hydrogen-bond donors (Lipinski definition) is 2. The second kappa shape index (κ2) is 5.21. The first-order chi connectivity index (χ1) is 9.26. The van der Waals surface area contributed by atoms with Crippen LogP contribution in [0.2, 0.25) is 5.02 Å². The number of aromatic nitrogens is 2. The zero-order valence-corrected chi connectivity index (χ0v) is 11.6. The highest BCUT2D eigenvalue weighted by Crippen LogP contribution is 2.30. The number of nitrogens with zero attached hydrogens (tertiary/aromatic N) is 1. The minimum atomic E-state index is 0.416. The normalized spacial score (nSPS) is 11.1. The number of fused-ring (bicyclic) bond motifs is 1. The standard InChI is InChI=1S/C13H12ClN3OS/c14-11-2-8-1-9(4-15)17-12(8)3-13(11)18-5-10-6-19-7-16-10/h1-3,6-7,17H,4-5,15H2. The van der Waals surface area contributed by atoms with Gasteiger partial charge in [0.15, 0.2) is 0 Å². The van der Waals surface area contributed by atoms with Crippen molar-refractivity contribution in [3.05, 3.63) is 45.5 Å². The maximum atomic E-state index is 6.21. The highest BCUT2D eigenvalue weighted by molar-refractivity contribution is 7.07. The van der Waals surface area contributed by atoms with Gasteiger partial charge in [-0.25, -0.2) is 4.98 Å². The van der Waals surface area contributed by atoms with E-state index in [9.17, 15) is 0 Å². The smallest absolute Gasteiger partial charge is 0.140 e. The molecule has 0 aliphatic heterocycles. The Morgan fingerprint density at radius 1 is 1.37 bits per heavy atom. The lowest BCUT2D eigenvalue weighted by Crippen LogP contribution is -1.96. The zero-order chi connectivity index (χ0) is 13.2. The van der Waals surface area contributed by atoms with Crippen LogP contribution in [0.15, 0.2) is 29.1 Å². The molecule has 0 radical (unpaired) electrons. The Labute approximate surface area is 119 Å². The molecule has 0 aliphatic carbocycles. The first-order valence-corrected chi connectivity index (χ1v) is 7.09. The van der Waals surface area contributed by atoms with Crippen LogP contribution in [-0.4, -0.2) is 9.97 Å². The summed E-state index contributed by atoms with van der Waals surface area (Å²) in [7, 11) is 0. The van der Waals surface area contributed by atoms with Gasteiger partial charge in [0.05, 0.1) is 16.2 Å². The average molecular weight is 294 g/mol. The third kappa shape index (κ3) is 2.58. The van der Waals surface area contributed by atoms with Gasteiger partial charge in [-0.3, -0.25) is 0 Å². The molecule has 0 aliphatic rings. The summed E-state index contributed by atoms with van der Waals surface area (Å²) in [6, 6.07) is 5.76. The van der Waals surface area contributed by atoms with E-state index in [0.717, 1.165) is 22.3 Å². The number of nitrogens with one attached hydrogen (secondary N) is 1. The molecular weight excluding hydrogens is 282 g/mol. The highest BCUT2D eigenvalue weighted by atomic mass is 35.5. The van der Waals surface area contributed by atoms with Crippen molar-refractivity contribution in [1.82, 2.24) is 9.97 Å². The molecule has 0 atom stereocenters. The summed E-state index contributed by atoms with van der Waals surface area (Å²) in [5.41, 5.74) is 10.2. The number of ether oxygens (including phenoxy) is 1.